The second-order valence-corrected chi connectivity index (χ2v) is 5.47. The minimum atomic E-state index is -0.510. The molecule has 0 atom stereocenters. The lowest BCUT2D eigenvalue weighted by molar-refractivity contribution is 0.0606. The molecule has 0 spiro atoms. The van der Waals surface area contributed by atoms with Gasteiger partial charge in [0.25, 0.3) is 5.91 Å². The first-order chi connectivity index (χ1) is 9.51. The molecule has 1 heterocycles. The molecule has 5 nitrogen and oxygen atoms in total. The van der Waals surface area contributed by atoms with Crippen LogP contribution in [-0.4, -0.2) is 24.0 Å². The average molecular weight is 331 g/mol. The van der Waals surface area contributed by atoms with Gasteiger partial charge < -0.3 is 4.74 Å². The summed E-state index contributed by atoms with van der Waals surface area (Å²) in [5, 5.41) is 3.48. The first-order valence-electron chi connectivity index (χ1n) is 5.32. The summed E-state index contributed by atoms with van der Waals surface area (Å²) in [5.74, 6) is -0.966. The van der Waals surface area contributed by atoms with Gasteiger partial charge in [-0.2, -0.15) is 0 Å². The van der Waals surface area contributed by atoms with Gasteiger partial charge in [0, 0.05) is 5.02 Å². The van der Waals surface area contributed by atoms with Crippen LogP contribution in [0.25, 0.3) is 0 Å². The number of thiazole rings is 1. The lowest BCUT2D eigenvalue weighted by Gasteiger charge is -2.04. The number of carbonyl (C=O) groups is 2. The van der Waals surface area contributed by atoms with Crippen LogP contribution in [0.15, 0.2) is 24.4 Å². The molecular weight excluding hydrogens is 323 g/mol. The van der Waals surface area contributed by atoms with Gasteiger partial charge in [0.05, 0.1) is 23.9 Å². The molecule has 8 heteroatoms. The van der Waals surface area contributed by atoms with Crippen LogP contribution in [0.1, 0.15) is 20.0 Å². The van der Waals surface area contributed by atoms with Crippen molar-refractivity contribution in [1.29, 1.82) is 0 Å². The summed E-state index contributed by atoms with van der Waals surface area (Å²) in [6.45, 7) is 0. The van der Waals surface area contributed by atoms with Crippen LogP contribution in [0.2, 0.25) is 10.0 Å². The van der Waals surface area contributed by atoms with Crippen molar-refractivity contribution in [3.05, 3.63) is 44.9 Å². The molecule has 0 aliphatic carbocycles. The quantitative estimate of drug-likeness (QED) is 0.874. The van der Waals surface area contributed by atoms with Crippen molar-refractivity contribution in [2.75, 3.05) is 12.4 Å². The number of carbonyl (C=O) groups excluding carboxylic acids is 2. The maximum atomic E-state index is 12.0. The van der Waals surface area contributed by atoms with Crippen molar-refractivity contribution in [1.82, 2.24) is 4.98 Å². The Labute approximate surface area is 128 Å². The van der Waals surface area contributed by atoms with Gasteiger partial charge in [0.2, 0.25) is 0 Å². The number of anilines is 1. The van der Waals surface area contributed by atoms with Gasteiger partial charge in [-0.25, -0.2) is 9.78 Å². The normalized spacial score (nSPS) is 10.2. The molecule has 0 aliphatic heterocycles. The smallest absolute Gasteiger partial charge is 0.349 e. The van der Waals surface area contributed by atoms with Crippen LogP contribution in [0.5, 0.6) is 0 Å². The van der Waals surface area contributed by atoms with E-state index in [9.17, 15) is 9.59 Å². The van der Waals surface area contributed by atoms with Gasteiger partial charge in [-0.1, -0.05) is 34.5 Å². The third-order valence-corrected chi connectivity index (χ3v) is 3.74. The Morgan fingerprint density at radius 1 is 1.35 bits per heavy atom. The highest BCUT2D eigenvalue weighted by molar-refractivity contribution is 7.17. The number of methoxy groups -OCH3 is 1. The molecular formula is C12H8Cl2N2O3S. The number of ether oxygens (including phenoxy) is 1. The van der Waals surface area contributed by atoms with Crippen LogP contribution >= 0.6 is 34.5 Å². The maximum absolute atomic E-state index is 12.0. The fourth-order valence-corrected chi connectivity index (χ4v) is 2.47. The number of hydrogen-bond donors (Lipinski definition) is 1. The SMILES string of the molecule is COC(=O)c1cnc(NC(=O)c2cc(Cl)ccc2Cl)s1. The Kier molecular flexibility index (Phi) is 4.59. The minimum absolute atomic E-state index is 0.231. The van der Waals surface area contributed by atoms with Crippen LogP contribution in [-0.2, 0) is 4.74 Å². The van der Waals surface area contributed by atoms with E-state index in [4.69, 9.17) is 23.2 Å². The van der Waals surface area contributed by atoms with Gasteiger partial charge in [0.1, 0.15) is 4.88 Å². The van der Waals surface area contributed by atoms with Crippen LogP contribution in [0.4, 0.5) is 5.13 Å². The largest absolute Gasteiger partial charge is 0.465 e. The zero-order chi connectivity index (χ0) is 14.7. The predicted octanol–water partition coefficient (Wildman–Crippen LogP) is 3.49. The maximum Gasteiger partial charge on any atom is 0.349 e. The molecule has 0 unspecified atom stereocenters. The number of nitrogens with one attached hydrogen (secondary N) is 1. The third-order valence-electron chi connectivity index (χ3n) is 2.29. The van der Waals surface area contributed by atoms with Crippen molar-refractivity contribution in [3.8, 4) is 0 Å². The fraction of sp³-hybridized carbons (Fsp3) is 0.0833. The Bertz CT molecular complexity index is 672. The Morgan fingerprint density at radius 3 is 2.80 bits per heavy atom. The van der Waals surface area contributed by atoms with Gasteiger partial charge in [0.15, 0.2) is 5.13 Å². The summed E-state index contributed by atoms with van der Waals surface area (Å²) >= 11 is 12.7. The summed E-state index contributed by atoms with van der Waals surface area (Å²) in [5.41, 5.74) is 0.231. The summed E-state index contributed by atoms with van der Waals surface area (Å²) < 4.78 is 4.55. The van der Waals surface area contributed by atoms with Crippen molar-refractivity contribution >= 4 is 51.5 Å². The van der Waals surface area contributed by atoms with Gasteiger partial charge in [-0.05, 0) is 18.2 Å². The van der Waals surface area contributed by atoms with Crippen molar-refractivity contribution in [2.45, 2.75) is 0 Å². The Morgan fingerprint density at radius 2 is 2.10 bits per heavy atom. The highest BCUT2D eigenvalue weighted by Gasteiger charge is 2.15. The number of esters is 1. The van der Waals surface area contributed by atoms with Gasteiger partial charge in [-0.15, -0.1) is 0 Å². The predicted molar refractivity (Wildman–Crippen MR) is 77.9 cm³/mol. The van der Waals surface area contributed by atoms with Gasteiger partial charge >= 0.3 is 5.97 Å². The van der Waals surface area contributed by atoms with Crippen LogP contribution < -0.4 is 5.32 Å². The number of halogens is 2. The molecule has 2 aromatic rings. The van der Waals surface area contributed by atoms with Crippen molar-refractivity contribution in [3.63, 3.8) is 0 Å². The van der Waals surface area contributed by atoms with Crippen LogP contribution in [0, 0.1) is 0 Å². The molecule has 0 aliphatic rings. The monoisotopic (exact) mass is 330 g/mol. The molecule has 2 rings (SSSR count). The van der Waals surface area contributed by atoms with Crippen molar-refractivity contribution in [2.24, 2.45) is 0 Å². The molecule has 0 fully saturated rings. The highest BCUT2D eigenvalue weighted by atomic mass is 35.5. The van der Waals surface area contributed by atoms with E-state index in [-0.39, 0.29) is 15.7 Å². The van der Waals surface area contributed by atoms with Crippen molar-refractivity contribution < 1.29 is 14.3 Å². The summed E-state index contributed by atoms with van der Waals surface area (Å²) in [4.78, 5) is 27.5. The molecule has 0 saturated heterocycles. The molecule has 0 saturated carbocycles. The Hall–Kier alpha value is -1.63. The van der Waals surface area contributed by atoms with Gasteiger partial charge in [-0.3, -0.25) is 10.1 Å². The zero-order valence-electron chi connectivity index (χ0n) is 10.1. The number of benzene rings is 1. The van der Waals surface area contributed by atoms with E-state index in [1.165, 1.54) is 25.4 Å². The van der Waals surface area contributed by atoms with E-state index < -0.39 is 11.9 Å². The molecule has 20 heavy (non-hydrogen) atoms. The molecule has 1 aromatic carbocycles. The number of aromatic nitrogens is 1. The number of hydrogen-bond acceptors (Lipinski definition) is 5. The summed E-state index contributed by atoms with van der Waals surface area (Å²) in [6.07, 6.45) is 1.33. The molecule has 1 aromatic heterocycles. The second kappa shape index (κ2) is 6.21. The summed E-state index contributed by atoms with van der Waals surface area (Å²) in [6, 6.07) is 4.56. The Balaban J connectivity index is 2.17. The first-order valence-corrected chi connectivity index (χ1v) is 6.89. The standard InChI is InChI=1S/C12H8Cl2N2O3S/c1-19-11(18)9-5-15-12(20-9)16-10(17)7-4-6(13)2-3-8(7)14/h2-5H,1H3,(H,15,16,17). The topological polar surface area (TPSA) is 68.3 Å². The molecule has 1 amide bonds. The lowest BCUT2D eigenvalue weighted by Crippen LogP contribution is -2.12. The van der Waals surface area contributed by atoms with E-state index in [2.05, 4.69) is 15.0 Å². The molecule has 0 radical (unpaired) electrons. The molecule has 0 bridgehead atoms. The highest BCUT2D eigenvalue weighted by Crippen LogP contribution is 2.23. The average Bonchev–Trinajstić information content (AvgIpc) is 2.89. The minimum Gasteiger partial charge on any atom is -0.465 e. The first kappa shape index (κ1) is 14.8. The van der Waals surface area contributed by atoms with E-state index >= 15 is 0 Å². The zero-order valence-corrected chi connectivity index (χ0v) is 12.5. The lowest BCUT2D eigenvalue weighted by atomic mass is 10.2. The summed E-state index contributed by atoms with van der Waals surface area (Å²) in [7, 11) is 1.27. The van der Waals surface area contributed by atoms with E-state index in [1.807, 2.05) is 0 Å². The fourth-order valence-electron chi connectivity index (χ4n) is 1.36. The number of nitrogens with zero attached hydrogens (tertiary/aromatic N) is 1. The number of rotatable bonds is 3. The third kappa shape index (κ3) is 3.27. The molecule has 104 valence electrons. The van der Waals surface area contributed by atoms with E-state index in [0.717, 1.165) is 11.3 Å². The van der Waals surface area contributed by atoms with E-state index in [0.29, 0.717) is 9.90 Å². The van der Waals surface area contributed by atoms with Crippen LogP contribution in [0.3, 0.4) is 0 Å². The molecule has 1 N–H and O–H groups in total. The number of amides is 1. The second-order valence-electron chi connectivity index (χ2n) is 3.60. The van der Waals surface area contributed by atoms with E-state index in [1.54, 1.807) is 6.07 Å².